The van der Waals surface area contributed by atoms with Gasteiger partial charge >= 0.3 is 17.9 Å². The Labute approximate surface area is 375 Å². The molecule has 0 saturated carbocycles. The highest BCUT2D eigenvalue weighted by molar-refractivity contribution is 5.71. The SMILES string of the molecule is CC\C=C/C=C\C=C/CCCCCCCC(=O)OC(COC(=O)CCC/C=C\C/C=C\C/C=C\C/C=C\C/C=C\CC)COC(=O)CCCCCCCCCCCCCCC. The molecule has 0 heterocycles. The standard InChI is InChI=1S/C55H90O6/c1-4-7-10-13-16-19-22-25-26-27-28-31-33-36-39-42-45-48-54(57)60-51-52(61-55(58)49-46-43-40-37-34-30-24-21-18-15-12-9-6-3)50-59-53(56)47-44-41-38-35-32-29-23-20-17-14-11-8-5-2/h7,9-10,12,15-16,18-19,21,24-26,28,31,36,39,52H,4-6,8,11,13-14,17,20,22-23,27,29-30,32-35,37-38,40-51H2,1-3H3/b10-7-,12-9-,18-15-,19-16-,24-21-,26-25-,31-28-,39-36-. The third-order valence-corrected chi connectivity index (χ3v) is 10.1. The van der Waals surface area contributed by atoms with Crippen molar-refractivity contribution in [1.29, 1.82) is 0 Å². The molecule has 61 heavy (non-hydrogen) atoms. The molecular weight excluding hydrogens is 757 g/mol. The second-order valence-electron chi connectivity index (χ2n) is 16.0. The number of hydrogen-bond acceptors (Lipinski definition) is 6. The van der Waals surface area contributed by atoms with Crippen LogP contribution in [-0.4, -0.2) is 37.2 Å². The quantitative estimate of drug-likeness (QED) is 0.0200. The monoisotopic (exact) mass is 847 g/mol. The summed E-state index contributed by atoms with van der Waals surface area (Å²) in [7, 11) is 0. The van der Waals surface area contributed by atoms with Gasteiger partial charge in [-0.1, -0.05) is 214 Å². The van der Waals surface area contributed by atoms with Crippen LogP contribution in [0.3, 0.4) is 0 Å². The van der Waals surface area contributed by atoms with E-state index in [2.05, 4.69) is 112 Å². The van der Waals surface area contributed by atoms with Crippen LogP contribution >= 0.6 is 0 Å². The maximum atomic E-state index is 12.8. The first kappa shape index (κ1) is 57.3. The summed E-state index contributed by atoms with van der Waals surface area (Å²) < 4.78 is 16.7. The average molecular weight is 847 g/mol. The molecule has 346 valence electrons. The molecule has 0 aromatic rings. The third-order valence-electron chi connectivity index (χ3n) is 10.1. The van der Waals surface area contributed by atoms with Gasteiger partial charge in [-0.25, -0.2) is 0 Å². The zero-order chi connectivity index (χ0) is 44.4. The molecule has 0 N–H and O–H groups in total. The van der Waals surface area contributed by atoms with Crippen molar-refractivity contribution >= 4 is 17.9 Å². The summed E-state index contributed by atoms with van der Waals surface area (Å²) in [5.74, 6) is -0.989. The van der Waals surface area contributed by atoms with Gasteiger partial charge in [0, 0.05) is 19.3 Å². The largest absolute Gasteiger partial charge is 0.462 e. The topological polar surface area (TPSA) is 78.9 Å². The Bertz CT molecular complexity index is 1250. The van der Waals surface area contributed by atoms with Crippen molar-refractivity contribution in [1.82, 2.24) is 0 Å². The second kappa shape index (κ2) is 49.0. The molecule has 0 rings (SSSR count). The summed E-state index contributed by atoms with van der Waals surface area (Å²) in [5, 5.41) is 0. The first-order valence-electron chi connectivity index (χ1n) is 24.8. The first-order chi connectivity index (χ1) is 30.0. The van der Waals surface area contributed by atoms with Gasteiger partial charge < -0.3 is 14.2 Å². The smallest absolute Gasteiger partial charge is 0.306 e. The number of rotatable bonds is 43. The molecule has 0 aromatic carbocycles. The van der Waals surface area contributed by atoms with E-state index >= 15 is 0 Å². The van der Waals surface area contributed by atoms with Crippen LogP contribution in [-0.2, 0) is 28.6 Å². The number of carbonyl (C=O) groups excluding carboxylic acids is 3. The van der Waals surface area contributed by atoms with E-state index in [1.807, 2.05) is 6.08 Å². The highest BCUT2D eigenvalue weighted by Gasteiger charge is 2.19. The molecule has 0 fully saturated rings. The van der Waals surface area contributed by atoms with Crippen molar-refractivity contribution in [2.75, 3.05) is 13.2 Å². The zero-order valence-corrected chi connectivity index (χ0v) is 39.4. The molecule has 0 amide bonds. The number of allylic oxidation sites excluding steroid dienone is 16. The summed E-state index contributed by atoms with van der Waals surface area (Å²) in [6.07, 6.45) is 63.9. The Morgan fingerprint density at radius 3 is 1.23 bits per heavy atom. The molecule has 0 radical (unpaired) electrons. The Balaban J connectivity index is 4.51. The number of carbonyl (C=O) groups is 3. The molecule has 0 bridgehead atoms. The van der Waals surface area contributed by atoms with Gasteiger partial charge in [-0.15, -0.1) is 0 Å². The van der Waals surface area contributed by atoms with E-state index in [1.165, 1.54) is 64.2 Å². The summed E-state index contributed by atoms with van der Waals surface area (Å²) >= 11 is 0. The minimum atomic E-state index is -0.809. The fraction of sp³-hybridized carbons (Fsp3) is 0.655. The van der Waals surface area contributed by atoms with Crippen LogP contribution in [0.5, 0.6) is 0 Å². The normalized spacial score (nSPS) is 12.9. The van der Waals surface area contributed by atoms with E-state index < -0.39 is 6.10 Å². The molecule has 0 spiro atoms. The summed E-state index contributed by atoms with van der Waals surface area (Å²) in [6.45, 7) is 6.31. The number of ether oxygens (including phenoxy) is 3. The molecule has 1 atom stereocenters. The van der Waals surface area contributed by atoms with Crippen LogP contribution < -0.4 is 0 Å². The van der Waals surface area contributed by atoms with Crippen molar-refractivity contribution in [2.45, 2.75) is 219 Å². The fourth-order valence-corrected chi connectivity index (χ4v) is 6.48. The Kier molecular flexibility index (Phi) is 46.0. The van der Waals surface area contributed by atoms with E-state index in [4.69, 9.17) is 14.2 Å². The van der Waals surface area contributed by atoms with E-state index in [-0.39, 0.29) is 37.5 Å². The summed E-state index contributed by atoms with van der Waals surface area (Å²) in [6, 6.07) is 0. The summed E-state index contributed by atoms with van der Waals surface area (Å²) in [5.41, 5.74) is 0. The Morgan fingerprint density at radius 2 is 0.738 bits per heavy atom. The van der Waals surface area contributed by atoms with Gasteiger partial charge in [0.2, 0.25) is 0 Å². The fourth-order valence-electron chi connectivity index (χ4n) is 6.48. The number of hydrogen-bond donors (Lipinski definition) is 0. The van der Waals surface area contributed by atoms with Crippen molar-refractivity contribution in [3.05, 3.63) is 97.2 Å². The third kappa shape index (κ3) is 47.2. The lowest BCUT2D eigenvalue weighted by Crippen LogP contribution is -2.30. The van der Waals surface area contributed by atoms with Crippen LogP contribution in [0, 0.1) is 0 Å². The molecule has 0 saturated heterocycles. The highest BCUT2D eigenvalue weighted by Crippen LogP contribution is 2.14. The van der Waals surface area contributed by atoms with Crippen LogP contribution in [0.4, 0.5) is 0 Å². The molecule has 1 unspecified atom stereocenters. The van der Waals surface area contributed by atoms with Crippen LogP contribution in [0.15, 0.2) is 97.2 Å². The van der Waals surface area contributed by atoms with Gasteiger partial charge in [-0.05, 0) is 77.0 Å². The molecule has 0 aliphatic heterocycles. The predicted molar refractivity (Wildman–Crippen MR) is 260 cm³/mol. The number of unbranched alkanes of at least 4 members (excludes halogenated alkanes) is 18. The van der Waals surface area contributed by atoms with Crippen LogP contribution in [0.25, 0.3) is 0 Å². The molecule has 6 nitrogen and oxygen atoms in total. The van der Waals surface area contributed by atoms with E-state index in [9.17, 15) is 14.4 Å². The van der Waals surface area contributed by atoms with Gasteiger partial charge in [0.25, 0.3) is 0 Å². The van der Waals surface area contributed by atoms with Gasteiger partial charge in [-0.2, -0.15) is 0 Å². The van der Waals surface area contributed by atoms with Crippen molar-refractivity contribution in [3.63, 3.8) is 0 Å². The average Bonchev–Trinajstić information content (AvgIpc) is 3.26. The predicted octanol–water partition coefficient (Wildman–Crippen LogP) is 16.2. The van der Waals surface area contributed by atoms with Gasteiger partial charge in [0.15, 0.2) is 6.10 Å². The van der Waals surface area contributed by atoms with Gasteiger partial charge in [0.1, 0.15) is 13.2 Å². The minimum absolute atomic E-state index is 0.103. The summed E-state index contributed by atoms with van der Waals surface area (Å²) in [4.78, 5) is 37.9. The minimum Gasteiger partial charge on any atom is -0.462 e. The lowest BCUT2D eigenvalue weighted by molar-refractivity contribution is -0.167. The molecular formula is C55H90O6. The molecule has 0 aliphatic carbocycles. The second-order valence-corrected chi connectivity index (χ2v) is 16.0. The number of esters is 3. The lowest BCUT2D eigenvalue weighted by Gasteiger charge is -2.18. The Morgan fingerprint density at radius 1 is 0.361 bits per heavy atom. The maximum absolute atomic E-state index is 12.8. The first-order valence-corrected chi connectivity index (χ1v) is 24.8. The molecule has 0 aromatic heterocycles. The van der Waals surface area contributed by atoms with Crippen molar-refractivity contribution in [3.8, 4) is 0 Å². The maximum Gasteiger partial charge on any atom is 0.306 e. The Hall–Kier alpha value is -3.67. The molecule has 0 aliphatic rings. The zero-order valence-electron chi connectivity index (χ0n) is 39.4. The highest BCUT2D eigenvalue weighted by atomic mass is 16.6. The van der Waals surface area contributed by atoms with E-state index in [0.29, 0.717) is 19.3 Å². The van der Waals surface area contributed by atoms with Crippen molar-refractivity contribution < 1.29 is 28.6 Å². The van der Waals surface area contributed by atoms with Gasteiger partial charge in [-0.3, -0.25) is 14.4 Å². The molecule has 6 heteroatoms. The van der Waals surface area contributed by atoms with E-state index in [1.54, 1.807) is 0 Å². The van der Waals surface area contributed by atoms with Crippen LogP contribution in [0.2, 0.25) is 0 Å². The van der Waals surface area contributed by atoms with Gasteiger partial charge in [0.05, 0.1) is 0 Å². The lowest BCUT2D eigenvalue weighted by atomic mass is 10.0. The van der Waals surface area contributed by atoms with Crippen molar-refractivity contribution in [2.24, 2.45) is 0 Å². The van der Waals surface area contributed by atoms with Crippen LogP contribution in [0.1, 0.15) is 213 Å². The van der Waals surface area contributed by atoms with E-state index in [0.717, 1.165) is 103 Å².